The molecule has 0 aromatic heterocycles. The van der Waals surface area contributed by atoms with Crippen LogP contribution in [-0.2, 0) is 32.5 Å². The number of hydrogen-bond donors (Lipinski definition) is 2. The second kappa shape index (κ2) is 6.78. The first-order chi connectivity index (χ1) is 12.9. The standard InChI is InChI=1S/C16H12F3NO6S2/c17-16(18,19)11-6-9(5-10(14(11)21)7-27(23)24)15(22)20-8-28(25,26)13-4-2-1-3-12(13)20/h1-6,21,27H,7-8H2. The minimum absolute atomic E-state index is 0.00517. The van der Waals surface area contributed by atoms with Gasteiger partial charge in [0.15, 0.2) is 9.84 Å². The molecule has 2 aromatic carbocycles. The Morgan fingerprint density at radius 1 is 1.18 bits per heavy atom. The van der Waals surface area contributed by atoms with Gasteiger partial charge in [-0.3, -0.25) is 9.69 Å². The van der Waals surface area contributed by atoms with Crippen LogP contribution >= 0.6 is 0 Å². The maximum atomic E-state index is 13.2. The lowest BCUT2D eigenvalue weighted by Gasteiger charge is -2.18. The van der Waals surface area contributed by atoms with Gasteiger partial charge in [0.05, 0.1) is 21.9 Å². The molecule has 3 rings (SSSR count). The molecule has 7 nitrogen and oxygen atoms in total. The minimum Gasteiger partial charge on any atom is -0.507 e. The van der Waals surface area contributed by atoms with Gasteiger partial charge >= 0.3 is 6.18 Å². The Labute approximate surface area is 158 Å². The third-order valence-electron chi connectivity index (χ3n) is 4.08. The number of benzene rings is 2. The number of alkyl halides is 3. The van der Waals surface area contributed by atoms with Crippen LogP contribution in [0.1, 0.15) is 21.5 Å². The SMILES string of the molecule is O=C(c1cc(C[SH](=O)=O)c(O)c(C(F)(F)F)c1)N1CS(=O)(=O)c2ccccc21. The highest BCUT2D eigenvalue weighted by molar-refractivity contribution is 7.92. The lowest BCUT2D eigenvalue weighted by atomic mass is 10.0. The molecule has 0 atom stereocenters. The first-order valence-corrected chi connectivity index (χ1v) is 10.6. The lowest BCUT2D eigenvalue weighted by Crippen LogP contribution is -2.30. The fourth-order valence-electron chi connectivity index (χ4n) is 2.87. The van der Waals surface area contributed by atoms with Crippen LogP contribution in [0, 0.1) is 0 Å². The monoisotopic (exact) mass is 435 g/mol. The Morgan fingerprint density at radius 3 is 2.43 bits per heavy atom. The number of para-hydroxylation sites is 1. The highest BCUT2D eigenvalue weighted by atomic mass is 32.2. The quantitative estimate of drug-likeness (QED) is 0.713. The zero-order valence-corrected chi connectivity index (χ0v) is 15.5. The van der Waals surface area contributed by atoms with Crippen LogP contribution in [0.15, 0.2) is 41.3 Å². The van der Waals surface area contributed by atoms with Crippen LogP contribution < -0.4 is 4.90 Å². The third-order valence-corrected chi connectivity index (χ3v) is 6.29. The summed E-state index contributed by atoms with van der Waals surface area (Å²) in [6.45, 7) is 0. The number of fused-ring (bicyclic) bond motifs is 1. The predicted octanol–water partition coefficient (Wildman–Crippen LogP) is 1.91. The van der Waals surface area contributed by atoms with E-state index in [1.165, 1.54) is 24.3 Å². The van der Waals surface area contributed by atoms with Gasteiger partial charge in [0, 0.05) is 11.1 Å². The van der Waals surface area contributed by atoms with E-state index in [0.717, 1.165) is 11.0 Å². The molecule has 0 saturated heterocycles. The number of nitrogens with zero attached hydrogens (tertiary/aromatic N) is 1. The van der Waals surface area contributed by atoms with Crippen molar-refractivity contribution in [2.24, 2.45) is 0 Å². The van der Waals surface area contributed by atoms with Crippen molar-refractivity contribution < 1.29 is 39.9 Å². The van der Waals surface area contributed by atoms with E-state index in [1.54, 1.807) is 0 Å². The molecule has 28 heavy (non-hydrogen) atoms. The largest absolute Gasteiger partial charge is 0.507 e. The molecule has 0 saturated carbocycles. The van der Waals surface area contributed by atoms with Gasteiger partial charge in [0.2, 0.25) is 0 Å². The summed E-state index contributed by atoms with van der Waals surface area (Å²) in [6.07, 6.45) is -5.06. The number of hydrogen-bond acceptors (Lipinski definition) is 6. The van der Waals surface area contributed by atoms with E-state index in [2.05, 4.69) is 0 Å². The fourth-order valence-corrected chi connectivity index (χ4v) is 4.91. The topological polar surface area (TPSA) is 109 Å². The highest BCUT2D eigenvalue weighted by Crippen LogP contribution is 2.40. The Balaban J connectivity index is 2.15. The van der Waals surface area contributed by atoms with Crippen LogP contribution in [0.5, 0.6) is 5.75 Å². The molecule has 1 N–H and O–H groups in total. The van der Waals surface area contributed by atoms with Crippen molar-refractivity contribution in [1.29, 1.82) is 0 Å². The molecule has 0 fully saturated rings. The number of phenolic OH excluding ortho intramolecular Hbond substituents is 1. The summed E-state index contributed by atoms with van der Waals surface area (Å²) < 4.78 is 85.9. The van der Waals surface area contributed by atoms with Crippen LogP contribution in [0.2, 0.25) is 0 Å². The number of carbonyl (C=O) groups excluding carboxylic acids is 1. The van der Waals surface area contributed by atoms with Gasteiger partial charge in [-0.15, -0.1) is 0 Å². The van der Waals surface area contributed by atoms with Crippen molar-refractivity contribution in [2.75, 3.05) is 10.8 Å². The number of thiol groups is 1. The van der Waals surface area contributed by atoms with E-state index in [-0.39, 0.29) is 10.6 Å². The Bertz CT molecular complexity index is 1150. The van der Waals surface area contributed by atoms with Gasteiger partial charge in [-0.2, -0.15) is 13.2 Å². The summed E-state index contributed by atoms with van der Waals surface area (Å²) in [5, 5.41) is 9.78. The molecule has 12 heteroatoms. The third kappa shape index (κ3) is 3.56. The molecular formula is C16H12F3NO6S2. The molecule has 0 bridgehead atoms. The van der Waals surface area contributed by atoms with Crippen molar-refractivity contribution in [2.45, 2.75) is 16.8 Å². The molecule has 1 amide bonds. The Kier molecular flexibility index (Phi) is 4.88. The van der Waals surface area contributed by atoms with Gasteiger partial charge in [-0.1, -0.05) is 12.1 Å². The number of halogens is 3. The number of anilines is 1. The van der Waals surface area contributed by atoms with Crippen molar-refractivity contribution in [3.8, 4) is 5.75 Å². The number of phenols is 1. The fraction of sp³-hybridized carbons (Fsp3) is 0.188. The van der Waals surface area contributed by atoms with Gasteiger partial charge in [0.25, 0.3) is 5.91 Å². The van der Waals surface area contributed by atoms with Gasteiger partial charge in [-0.05, 0) is 24.3 Å². The number of carbonyl (C=O) groups is 1. The molecule has 1 heterocycles. The number of sulfone groups is 1. The van der Waals surface area contributed by atoms with Crippen molar-refractivity contribution in [3.05, 3.63) is 53.1 Å². The van der Waals surface area contributed by atoms with E-state index in [1.807, 2.05) is 0 Å². The number of aromatic hydroxyl groups is 1. The highest BCUT2D eigenvalue weighted by Gasteiger charge is 2.39. The van der Waals surface area contributed by atoms with Crippen LogP contribution in [0.3, 0.4) is 0 Å². The molecule has 1 aliphatic heterocycles. The summed E-state index contributed by atoms with van der Waals surface area (Å²) in [5.41, 5.74) is -2.78. The molecule has 0 unspecified atom stereocenters. The average molecular weight is 435 g/mol. The predicted molar refractivity (Wildman–Crippen MR) is 92.4 cm³/mol. The summed E-state index contributed by atoms with van der Waals surface area (Å²) in [6, 6.07) is 6.68. The van der Waals surface area contributed by atoms with Crippen molar-refractivity contribution in [1.82, 2.24) is 0 Å². The molecular weight excluding hydrogens is 423 g/mol. The van der Waals surface area contributed by atoms with Crippen molar-refractivity contribution >= 4 is 32.1 Å². The van der Waals surface area contributed by atoms with Crippen LogP contribution in [-0.4, -0.2) is 33.7 Å². The molecule has 0 aliphatic carbocycles. The number of amides is 1. The summed E-state index contributed by atoms with van der Waals surface area (Å²) in [5.74, 6) is -4.04. The maximum Gasteiger partial charge on any atom is 0.419 e. The Morgan fingerprint density at radius 2 is 1.82 bits per heavy atom. The smallest absolute Gasteiger partial charge is 0.419 e. The van der Waals surface area contributed by atoms with Crippen LogP contribution in [0.4, 0.5) is 18.9 Å². The van der Waals surface area contributed by atoms with E-state index < -0.39 is 66.7 Å². The molecule has 0 radical (unpaired) electrons. The first kappa shape index (κ1) is 20.1. The molecule has 0 spiro atoms. The second-order valence-electron chi connectivity index (χ2n) is 5.96. The lowest BCUT2D eigenvalue weighted by molar-refractivity contribution is -0.138. The van der Waals surface area contributed by atoms with E-state index >= 15 is 0 Å². The molecule has 2 aromatic rings. The van der Waals surface area contributed by atoms with Crippen LogP contribution in [0.25, 0.3) is 0 Å². The average Bonchev–Trinajstić information content (AvgIpc) is 2.86. The minimum atomic E-state index is -5.06. The summed E-state index contributed by atoms with van der Waals surface area (Å²) >= 11 is 0. The maximum absolute atomic E-state index is 13.2. The van der Waals surface area contributed by atoms with E-state index in [4.69, 9.17) is 0 Å². The molecule has 1 aliphatic rings. The van der Waals surface area contributed by atoms with Gasteiger partial charge in [-0.25, -0.2) is 16.8 Å². The Hall–Kier alpha value is -2.60. The normalized spacial score (nSPS) is 15.6. The van der Waals surface area contributed by atoms with Gasteiger partial charge < -0.3 is 5.11 Å². The zero-order chi connectivity index (χ0) is 20.9. The first-order valence-electron chi connectivity index (χ1n) is 7.60. The van der Waals surface area contributed by atoms with Crippen molar-refractivity contribution in [3.63, 3.8) is 0 Å². The zero-order valence-electron chi connectivity index (χ0n) is 13.8. The summed E-state index contributed by atoms with van der Waals surface area (Å²) in [7, 11) is -7.04. The second-order valence-corrected chi connectivity index (χ2v) is 8.87. The van der Waals surface area contributed by atoms with Gasteiger partial charge in [0.1, 0.15) is 22.3 Å². The van der Waals surface area contributed by atoms with E-state index in [0.29, 0.717) is 6.07 Å². The number of rotatable bonds is 3. The van der Waals surface area contributed by atoms with E-state index in [9.17, 15) is 39.9 Å². The molecule has 150 valence electrons. The summed E-state index contributed by atoms with van der Waals surface area (Å²) in [4.78, 5) is 13.4.